The van der Waals surface area contributed by atoms with Crippen molar-refractivity contribution in [1.82, 2.24) is 14.9 Å². The van der Waals surface area contributed by atoms with Gasteiger partial charge in [0.2, 0.25) is 0 Å². The Balaban J connectivity index is 1.65. The van der Waals surface area contributed by atoms with E-state index < -0.39 is 0 Å². The number of carbonyl (C=O) groups excluding carboxylic acids is 1. The normalized spacial score (nSPS) is 11.1. The number of hydrogen-bond acceptors (Lipinski definition) is 5. The molecule has 250 valence electrons. The molecular weight excluding hydrogens is 548 g/mol. The van der Waals surface area contributed by atoms with Crippen LogP contribution in [-0.4, -0.2) is 34.0 Å². The molecule has 0 radical (unpaired) electrons. The average molecular weight is 613 g/mol. The summed E-state index contributed by atoms with van der Waals surface area (Å²) in [4.78, 5) is 12.9. The van der Waals surface area contributed by atoms with Gasteiger partial charge in [0.05, 0.1) is 13.2 Å². The van der Waals surface area contributed by atoms with Crippen LogP contribution in [0.15, 0.2) is 30.9 Å². The molecule has 0 aliphatic rings. The van der Waals surface area contributed by atoms with Gasteiger partial charge in [0, 0.05) is 11.6 Å². The van der Waals surface area contributed by atoms with Gasteiger partial charge in [-0.25, -0.2) is 4.68 Å². The zero-order valence-electron chi connectivity index (χ0n) is 28.3. The van der Waals surface area contributed by atoms with Crippen LogP contribution in [0.1, 0.15) is 178 Å². The number of rotatable bonds is 30. The predicted molar refractivity (Wildman–Crippen MR) is 183 cm³/mol. The van der Waals surface area contributed by atoms with Crippen LogP contribution in [-0.2, 0) is 0 Å². The monoisotopic (exact) mass is 612 g/mol. The third-order valence-electron chi connectivity index (χ3n) is 8.32. The molecule has 7 heteroatoms. The van der Waals surface area contributed by atoms with Gasteiger partial charge in [-0.2, -0.15) is 0 Å². The number of amides is 1. The molecule has 7 nitrogen and oxygen atoms in total. The van der Waals surface area contributed by atoms with Crippen molar-refractivity contribution in [3.05, 3.63) is 36.4 Å². The van der Waals surface area contributed by atoms with Crippen molar-refractivity contribution >= 4 is 5.91 Å². The van der Waals surface area contributed by atoms with E-state index in [1.54, 1.807) is 12.1 Å². The van der Waals surface area contributed by atoms with E-state index >= 15 is 0 Å². The summed E-state index contributed by atoms with van der Waals surface area (Å²) in [5.74, 6) is 1.10. The maximum atomic E-state index is 12.9. The molecule has 0 fully saturated rings. The first-order valence-corrected chi connectivity index (χ1v) is 18.3. The Morgan fingerprint density at radius 3 is 1.25 bits per heavy atom. The minimum atomic E-state index is -0.254. The number of hydrogen-bond donors (Lipinski definition) is 1. The van der Waals surface area contributed by atoms with Gasteiger partial charge in [-0.05, 0) is 25.0 Å². The smallest absolute Gasteiger partial charge is 0.270 e. The standard InChI is InChI=1S/C37H64N4O3/c1-3-5-7-9-11-13-15-17-19-21-23-25-27-43-35-29-34(37(42)40-41-32-38-39-33-41)30-36(31-35)44-28-26-24-22-20-18-16-14-12-10-8-6-4-2/h29-33H,3-28H2,1-2H3,(H,40,42). The molecule has 1 amide bonds. The fourth-order valence-corrected chi connectivity index (χ4v) is 5.58. The summed E-state index contributed by atoms with van der Waals surface area (Å²) in [6, 6.07) is 5.49. The first-order chi connectivity index (χ1) is 21.7. The van der Waals surface area contributed by atoms with E-state index in [9.17, 15) is 4.79 Å². The minimum Gasteiger partial charge on any atom is -0.493 e. The summed E-state index contributed by atoms with van der Waals surface area (Å²) in [6.45, 7) is 5.84. The van der Waals surface area contributed by atoms with Gasteiger partial charge in [0.15, 0.2) is 0 Å². The van der Waals surface area contributed by atoms with Gasteiger partial charge in [0.1, 0.15) is 24.2 Å². The van der Waals surface area contributed by atoms with Crippen LogP contribution in [0, 0.1) is 0 Å². The molecule has 1 aromatic carbocycles. The average Bonchev–Trinajstić information content (AvgIpc) is 3.55. The number of benzene rings is 1. The molecule has 44 heavy (non-hydrogen) atoms. The van der Waals surface area contributed by atoms with E-state index in [1.165, 1.54) is 159 Å². The highest BCUT2D eigenvalue weighted by atomic mass is 16.5. The third kappa shape index (κ3) is 19.7. The third-order valence-corrected chi connectivity index (χ3v) is 8.32. The molecule has 1 heterocycles. The summed E-state index contributed by atoms with van der Waals surface area (Å²) in [6.07, 6.45) is 34.5. The molecule has 2 aromatic rings. The molecule has 2 rings (SSSR count). The first kappa shape index (κ1) is 37.6. The minimum absolute atomic E-state index is 0.254. The van der Waals surface area contributed by atoms with Crippen molar-refractivity contribution in [2.45, 2.75) is 168 Å². The Hall–Kier alpha value is -2.57. The topological polar surface area (TPSA) is 78.3 Å². The van der Waals surface area contributed by atoms with Gasteiger partial charge in [-0.15, -0.1) is 10.2 Å². The Bertz CT molecular complexity index is 887. The van der Waals surface area contributed by atoms with E-state index in [0.29, 0.717) is 30.3 Å². The highest BCUT2D eigenvalue weighted by molar-refractivity contribution is 6.00. The molecule has 0 spiro atoms. The van der Waals surface area contributed by atoms with Crippen LogP contribution >= 0.6 is 0 Å². The summed E-state index contributed by atoms with van der Waals surface area (Å²) >= 11 is 0. The van der Waals surface area contributed by atoms with Gasteiger partial charge in [-0.3, -0.25) is 10.2 Å². The van der Waals surface area contributed by atoms with Crippen LogP contribution in [0.3, 0.4) is 0 Å². The van der Waals surface area contributed by atoms with Crippen molar-refractivity contribution in [3.63, 3.8) is 0 Å². The highest BCUT2D eigenvalue weighted by Crippen LogP contribution is 2.24. The van der Waals surface area contributed by atoms with E-state index in [0.717, 1.165) is 12.8 Å². The van der Waals surface area contributed by atoms with E-state index in [1.807, 2.05) is 6.07 Å². The SMILES string of the molecule is CCCCCCCCCCCCCCOc1cc(OCCCCCCCCCCCCCC)cc(C(=O)Nn2cnnc2)c1. The van der Waals surface area contributed by atoms with Gasteiger partial charge < -0.3 is 9.47 Å². The molecule has 0 unspecified atom stereocenters. The number of aromatic nitrogens is 3. The zero-order chi connectivity index (χ0) is 31.3. The zero-order valence-corrected chi connectivity index (χ0v) is 28.3. The lowest BCUT2D eigenvalue weighted by Crippen LogP contribution is -2.21. The second kappa shape index (κ2) is 26.8. The van der Waals surface area contributed by atoms with Crippen LogP contribution in [0.4, 0.5) is 0 Å². The Labute approximate surface area is 269 Å². The van der Waals surface area contributed by atoms with Crippen LogP contribution < -0.4 is 14.9 Å². The maximum Gasteiger partial charge on any atom is 0.270 e. The quantitative estimate of drug-likeness (QED) is 0.0888. The first-order valence-electron chi connectivity index (χ1n) is 18.3. The van der Waals surface area contributed by atoms with Crippen LogP contribution in [0.2, 0.25) is 0 Å². The molecule has 0 aliphatic heterocycles. The van der Waals surface area contributed by atoms with Crippen molar-refractivity contribution in [3.8, 4) is 11.5 Å². The van der Waals surface area contributed by atoms with Crippen molar-refractivity contribution in [1.29, 1.82) is 0 Å². The lowest BCUT2D eigenvalue weighted by atomic mass is 10.1. The second-order valence-electron chi connectivity index (χ2n) is 12.5. The Kier molecular flexibility index (Phi) is 22.9. The molecular formula is C37H64N4O3. The fraction of sp³-hybridized carbons (Fsp3) is 0.757. The van der Waals surface area contributed by atoms with Crippen LogP contribution in [0.5, 0.6) is 11.5 Å². The number of nitrogens with zero attached hydrogens (tertiary/aromatic N) is 3. The molecule has 1 aromatic heterocycles. The van der Waals surface area contributed by atoms with Gasteiger partial charge >= 0.3 is 0 Å². The highest BCUT2D eigenvalue weighted by Gasteiger charge is 2.11. The summed E-state index contributed by atoms with van der Waals surface area (Å²) in [5, 5.41) is 7.50. The van der Waals surface area contributed by atoms with Gasteiger partial charge in [0.25, 0.3) is 5.91 Å². The number of ether oxygens (including phenoxy) is 2. The molecule has 1 N–H and O–H groups in total. The summed E-state index contributed by atoms with van der Waals surface area (Å²) in [7, 11) is 0. The van der Waals surface area contributed by atoms with E-state index in [2.05, 4.69) is 29.5 Å². The van der Waals surface area contributed by atoms with Gasteiger partial charge in [-0.1, -0.05) is 155 Å². The summed E-state index contributed by atoms with van der Waals surface area (Å²) < 4.78 is 13.6. The van der Waals surface area contributed by atoms with Crippen molar-refractivity contribution in [2.24, 2.45) is 0 Å². The lowest BCUT2D eigenvalue weighted by Gasteiger charge is -2.13. The largest absolute Gasteiger partial charge is 0.493 e. The van der Waals surface area contributed by atoms with E-state index in [-0.39, 0.29) is 5.91 Å². The molecule has 0 saturated carbocycles. The Morgan fingerprint density at radius 2 is 0.886 bits per heavy atom. The molecule has 0 aliphatic carbocycles. The maximum absolute atomic E-state index is 12.9. The van der Waals surface area contributed by atoms with Crippen molar-refractivity contribution < 1.29 is 14.3 Å². The number of nitrogens with one attached hydrogen (secondary N) is 1. The Morgan fingerprint density at radius 1 is 0.545 bits per heavy atom. The predicted octanol–water partition coefficient (Wildman–Crippen LogP) is 10.8. The lowest BCUT2D eigenvalue weighted by molar-refractivity contribution is 0.101. The molecule has 0 atom stereocenters. The number of carbonyl (C=O) groups is 1. The fourth-order valence-electron chi connectivity index (χ4n) is 5.58. The molecule has 0 bridgehead atoms. The summed E-state index contributed by atoms with van der Waals surface area (Å²) in [5.41, 5.74) is 3.27. The number of unbranched alkanes of at least 4 members (excludes halogenated alkanes) is 22. The van der Waals surface area contributed by atoms with E-state index in [4.69, 9.17) is 9.47 Å². The van der Waals surface area contributed by atoms with Crippen LogP contribution in [0.25, 0.3) is 0 Å². The van der Waals surface area contributed by atoms with Crippen molar-refractivity contribution in [2.75, 3.05) is 18.6 Å². The second-order valence-corrected chi connectivity index (χ2v) is 12.5. The molecule has 0 saturated heterocycles.